The van der Waals surface area contributed by atoms with Crippen molar-refractivity contribution >= 4 is 31.8 Å². The van der Waals surface area contributed by atoms with Crippen molar-refractivity contribution in [3.8, 4) is 0 Å². The number of nitrogens with one attached hydrogen (secondary N) is 1. The van der Waals surface area contributed by atoms with Gasteiger partial charge in [-0.05, 0) is 24.3 Å². The lowest BCUT2D eigenvalue weighted by Crippen LogP contribution is -2.15. The zero-order valence-electron chi connectivity index (χ0n) is 8.96. The van der Waals surface area contributed by atoms with Gasteiger partial charge in [0.15, 0.2) is 0 Å². The largest absolute Gasteiger partial charge is 0.264 e. The van der Waals surface area contributed by atoms with Crippen LogP contribution in [0.4, 0.5) is 5.82 Å². The first kappa shape index (κ1) is 12.1. The maximum atomic E-state index is 12.0. The number of benzene rings is 1. The lowest BCUT2D eigenvalue weighted by molar-refractivity contribution is 0.600. The maximum absolute atomic E-state index is 12.0. The second kappa shape index (κ2) is 4.50. The Balaban J connectivity index is 2.31. The third-order valence-electron chi connectivity index (χ3n) is 2.18. The van der Waals surface area contributed by atoms with Gasteiger partial charge in [0.25, 0.3) is 10.0 Å². The number of aromatic nitrogens is 2. The molecule has 0 saturated heterocycles. The van der Waals surface area contributed by atoms with Crippen molar-refractivity contribution in [3.05, 3.63) is 41.0 Å². The Labute approximate surface area is 108 Å². The standard InChI is InChI=1S/C10H10BrN3O2S/c1-14-10(6-7-12-14)13-17(15,16)9-4-2-8(11)3-5-9/h2-7,13H,1H3. The van der Waals surface area contributed by atoms with Crippen molar-refractivity contribution in [2.24, 2.45) is 7.05 Å². The first-order valence-corrected chi connectivity index (χ1v) is 7.03. The summed E-state index contributed by atoms with van der Waals surface area (Å²) < 4.78 is 28.7. The molecule has 0 aliphatic carbocycles. The van der Waals surface area contributed by atoms with Crippen LogP contribution in [0.1, 0.15) is 0 Å². The molecule has 1 heterocycles. The van der Waals surface area contributed by atoms with Gasteiger partial charge in [-0.1, -0.05) is 15.9 Å². The summed E-state index contributed by atoms with van der Waals surface area (Å²) in [7, 11) is -1.89. The Kier molecular flexibility index (Phi) is 3.21. The fourth-order valence-electron chi connectivity index (χ4n) is 1.28. The molecule has 0 fully saturated rings. The summed E-state index contributed by atoms with van der Waals surface area (Å²) in [6, 6.07) is 8.01. The number of rotatable bonds is 3. The second-order valence-corrected chi connectivity index (χ2v) is 6.00. The van der Waals surface area contributed by atoms with Crippen LogP contribution in [0.5, 0.6) is 0 Å². The van der Waals surface area contributed by atoms with Crippen LogP contribution < -0.4 is 4.72 Å². The molecule has 0 spiro atoms. The van der Waals surface area contributed by atoms with E-state index in [1.165, 1.54) is 23.0 Å². The van der Waals surface area contributed by atoms with Gasteiger partial charge in [-0.2, -0.15) is 5.10 Å². The van der Waals surface area contributed by atoms with Crippen molar-refractivity contribution in [1.29, 1.82) is 0 Å². The maximum Gasteiger partial charge on any atom is 0.263 e. The van der Waals surface area contributed by atoms with Crippen LogP contribution in [0.2, 0.25) is 0 Å². The van der Waals surface area contributed by atoms with E-state index in [-0.39, 0.29) is 4.90 Å². The molecule has 1 N–H and O–H groups in total. The summed E-state index contributed by atoms with van der Waals surface area (Å²) in [6.45, 7) is 0. The van der Waals surface area contributed by atoms with Crippen molar-refractivity contribution < 1.29 is 8.42 Å². The van der Waals surface area contributed by atoms with E-state index in [4.69, 9.17) is 0 Å². The number of nitrogens with zero attached hydrogens (tertiary/aromatic N) is 2. The first-order valence-electron chi connectivity index (χ1n) is 4.75. The molecular weight excluding hydrogens is 306 g/mol. The summed E-state index contributed by atoms with van der Waals surface area (Å²) >= 11 is 3.26. The fraction of sp³-hybridized carbons (Fsp3) is 0.100. The second-order valence-electron chi connectivity index (χ2n) is 3.40. The Morgan fingerprint density at radius 3 is 2.41 bits per heavy atom. The van der Waals surface area contributed by atoms with Crippen LogP contribution in [-0.4, -0.2) is 18.2 Å². The van der Waals surface area contributed by atoms with Crippen LogP contribution >= 0.6 is 15.9 Å². The Bertz CT molecular complexity index is 619. The van der Waals surface area contributed by atoms with E-state index in [0.717, 1.165) is 4.47 Å². The van der Waals surface area contributed by atoms with E-state index in [2.05, 4.69) is 25.8 Å². The molecule has 0 saturated carbocycles. The van der Waals surface area contributed by atoms with Gasteiger partial charge in [0.1, 0.15) is 5.82 Å². The molecule has 0 radical (unpaired) electrons. The van der Waals surface area contributed by atoms with Crippen LogP contribution in [0.3, 0.4) is 0 Å². The normalized spacial score (nSPS) is 11.4. The third kappa shape index (κ3) is 2.67. The highest BCUT2D eigenvalue weighted by atomic mass is 79.9. The van der Waals surface area contributed by atoms with E-state index in [9.17, 15) is 8.42 Å². The number of hydrogen-bond donors (Lipinski definition) is 1. The number of aryl methyl sites for hydroxylation is 1. The average Bonchev–Trinajstić information content (AvgIpc) is 2.64. The molecule has 0 bridgehead atoms. The monoisotopic (exact) mass is 315 g/mol. The van der Waals surface area contributed by atoms with E-state index in [1.807, 2.05) is 0 Å². The highest BCUT2D eigenvalue weighted by Crippen LogP contribution is 2.17. The third-order valence-corrected chi connectivity index (χ3v) is 4.08. The van der Waals surface area contributed by atoms with Crippen LogP contribution in [0.25, 0.3) is 0 Å². The lowest BCUT2D eigenvalue weighted by Gasteiger charge is -2.07. The molecule has 0 amide bonds. The van der Waals surface area contributed by atoms with Crippen molar-refractivity contribution in [1.82, 2.24) is 9.78 Å². The minimum absolute atomic E-state index is 0.210. The van der Waals surface area contributed by atoms with Gasteiger partial charge < -0.3 is 0 Å². The quantitative estimate of drug-likeness (QED) is 0.942. The summed E-state index contributed by atoms with van der Waals surface area (Å²) in [5.41, 5.74) is 0. The van der Waals surface area contributed by atoms with Crippen LogP contribution in [0, 0.1) is 0 Å². The molecule has 5 nitrogen and oxygen atoms in total. The minimum atomic E-state index is -3.55. The van der Waals surface area contributed by atoms with Gasteiger partial charge in [-0.15, -0.1) is 0 Å². The molecule has 1 aromatic heterocycles. The minimum Gasteiger partial charge on any atom is -0.264 e. The highest BCUT2D eigenvalue weighted by molar-refractivity contribution is 9.10. The van der Waals surface area contributed by atoms with E-state index < -0.39 is 10.0 Å². The van der Waals surface area contributed by atoms with E-state index in [0.29, 0.717) is 5.82 Å². The topological polar surface area (TPSA) is 64.0 Å². The number of sulfonamides is 1. The van der Waals surface area contributed by atoms with Crippen molar-refractivity contribution in [2.45, 2.75) is 4.90 Å². The molecule has 0 unspecified atom stereocenters. The first-order chi connectivity index (χ1) is 7.99. The molecule has 0 atom stereocenters. The molecule has 0 aliphatic rings. The summed E-state index contributed by atoms with van der Waals surface area (Å²) in [6.07, 6.45) is 1.53. The lowest BCUT2D eigenvalue weighted by atomic mass is 10.4. The Hall–Kier alpha value is -1.34. The summed E-state index contributed by atoms with van der Waals surface area (Å²) in [4.78, 5) is 0.210. The van der Waals surface area contributed by atoms with Crippen molar-refractivity contribution in [2.75, 3.05) is 4.72 Å². The van der Waals surface area contributed by atoms with Gasteiger partial charge >= 0.3 is 0 Å². The number of anilines is 1. The molecule has 2 aromatic rings. The molecule has 17 heavy (non-hydrogen) atoms. The molecular formula is C10H10BrN3O2S. The summed E-state index contributed by atoms with van der Waals surface area (Å²) in [5, 5.41) is 3.89. The summed E-state index contributed by atoms with van der Waals surface area (Å²) in [5.74, 6) is 0.424. The Morgan fingerprint density at radius 1 is 1.24 bits per heavy atom. The molecule has 7 heteroatoms. The van der Waals surface area contributed by atoms with E-state index in [1.54, 1.807) is 25.2 Å². The Morgan fingerprint density at radius 2 is 1.88 bits per heavy atom. The van der Waals surface area contributed by atoms with Gasteiger partial charge in [0.05, 0.1) is 11.1 Å². The van der Waals surface area contributed by atoms with Crippen molar-refractivity contribution in [3.63, 3.8) is 0 Å². The molecule has 1 aromatic carbocycles. The smallest absolute Gasteiger partial charge is 0.263 e. The van der Waals surface area contributed by atoms with Gasteiger partial charge in [-0.3, -0.25) is 9.40 Å². The van der Waals surface area contributed by atoms with Crippen LogP contribution in [-0.2, 0) is 17.1 Å². The fourth-order valence-corrected chi connectivity index (χ4v) is 2.64. The molecule has 0 aliphatic heterocycles. The van der Waals surface area contributed by atoms with Crippen LogP contribution in [0.15, 0.2) is 45.9 Å². The van der Waals surface area contributed by atoms with Gasteiger partial charge in [0, 0.05) is 17.6 Å². The number of hydrogen-bond acceptors (Lipinski definition) is 3. The average molecular weight is 316 g/mol. The predicted molar refractivity (Wildman–Crippen MR) is 68.2 cm³/mol. The predicted octanol–water partition coefficient (Wildman–Crippen LogP) is 1.98. The van der Waals surface area contributed by atoms with Gasteiger partial charge in [-0.25, -0.2) is 8.42 Å². The molecule has 90 valence electrons. The van der Waals surface area contributed by atoms with Gasteiger partial charge in [0.2, 0.25) is 0 Å². The SMILES string of the molecule is Cn1nccc1NS(=O)(=O)c1ccc(Br)cc1. The highest BCUT2D eigenvalue weighted by Gasteiger charge is 2.15. The zero-order chi connectivity index (χ0) is 12.5. The zero-order valence-corrected chi connectivity index (χ0v) is 11.4. The molecule has 2 rings (SSSR count). The number of halogens is 1. The van der Waals surface area contributed by atoms with E-state index >= 15 is 0 Å².